The highest BCUT2D eigenvalue weighted by Gasteiger charge is 2.34. The fourth-order valence-corrected chi connectivity index (χ4v) is 4.34. The highest BCUT2D eigenvalue weighted by atomic mass is 16.2. The summed E-state index contributed by atoms with van der Waals surface area (Å²) in [4.78, 5) is 29.4. The van der Waals surface area contributed by atoms with Crippen LogP contribution in [0.25, 0.3) is 0 Å². The van der Waals surface area contributed by atoms with Crippen molar-refractivity contribution in [3.05, 3.63) is 59.7 Å². The van der Waals surface area contributed by atoms with Crippen LogP contribution in [0.1, 0.15) is 43.2 Å². The third-order valence-electron chi connectivity index (χ3n) is 6.19. The molecule has 2 heterocycles. The van der Waals surface area contributed by atoms with Crippen molar-refractivity contribution in [3.63, 3.8) is 0 Å². The van der Waals surface area contributed by atoms with E-state index in [0.29, 0.717) is 13.1 Å². The summed E-state index contributed by atoms with van der Waals surface area (Å²) in [6.45, 7) is 5.29. The molecule has 5 heteroatoms. The van der Waals surface area contributed by atoms with Crippen LogP contribution < -0.4 is 10.2 Å². The summed E-state index contributed by atoms with van der Waals surface area (Å²) in [6, 6.07) is 16.3. The first-order valence-electron chi connectivity index (χ1n) is 11.1. The Kier molecular flexibility index (Phi) is 6.36. The Morgan fingerprint density at radius 2 is 1.63 bits per heavy atom. The van der Waals surface area contributed by atoms with Crippen LogP contribution in [0.2, 0.25) is 0 Å². The lowest BCUT2D eigenvalue weighted by atomic mass is 10.1. The minimum absolute atomic E-state index is 0.0484. The monoisotopic (exact) mass is 405 g/mol. The van der Waals surface area contributed by atoms with Crippen molar-refractivity contribution < 1.29 is 9.59 Å². The zero-order chi connectivity index (χ0) is 20.9. The van der Waals surface area contributed by atoms with E-state index in [2.05, 4.69) is 34.5 Å². The Hall–Kier alpha value is -2.82. The summed E-state index contributed by atoms with van der Waals surface area (Å²) in [7, 11) is 0. The van der Waals surface area contributed by atoms with Gasteiger partial charge in [-0.2, -0.15) is 0 Å². The number of hydrogen-bond donors (Lipinski definition) is 1. The summed E-state index contributed by atoms with van der Waals surface area (Å²) < 4.78 is 0. The fourth-order valence-electron chi connectivity index (χ4n) is 4.34. The van der Waals surface area contributed by atoms with Crippen LogP contribution in [0.3, 0.4) is 0 Å². The normalized spacial score (nSPS) is 19.6. The Morgan fingerprint density at radius 3 is 2.30 bits per heavy atom. The first-order chi connectivity index (χ1) is 14.6. The quantitative estimate of drug-likeness (QED) is 0.804. The van der Waals surface area contributed by atoms with Crippen LogP contribution in [0, 0.1) is 12.8 Å². The highest BCUT2D eigenvalue weighted by molar-refractivity contribution is 5.97. The first-order valence-corrected chi connectivity index (χ1v) is 11.1. The molecule has 0 aromatic heterocycles. The van der Waals surface area contributed by atoms with Gasteiger partial charge in [0, 0.05) is 44.0 Å². The fraction of sp³-hybridized carbons (Fsp3) is 0.440. The summed E-state index contributed by atoms with van der Waals surface area (Å²) in [5, 5.41) is 3.00. The van der Waals surface area contributed by atoms with Crippen LogP contribution in [0.5, 0.6) is 0 Å². The standard InChI is InChI=1S/C25H31N3O2/c1-19-6-8-20(9-7-19)17-28-18-21(16-24(28)29)25(30)26-22-10-12-23(13-11-22)27-14-4-2-3-5-15-27/h6-13,21H,2-5,14-18H2,1H3,(H,26,30). The van der Waals surface area contributed by atoms with Crippen molar-refractivity contribution in [2.45, 2.75) is 45.6 Å². The summed E-state index contributed by atoms with van der Waals surface area (Å²) >= 11 is 0. The lowest BCUT2D eigenvalue weighted by Crippen LogP contribution is -2.28. The molecular weight excluding hydrogens is 374 g/mol. The maximum absolute atomic E-state index is 12.7. The average Bonchev–Trinajstić information content (AvgIpc) is 2.94. The van der Waals surface area contributed by atoms with E-state index < -0.39 is 0 Å². The van der Waals surface area contributed by atoms with Gasteiger partial charge in [0.05, 0.1) is 5.92 Å². The van der Waals surface area contributed by atoms with Gasteiger partial charge >= 0.3 is 0 Å². The molecule has 0 saturated carbocycles. The number of anilines is 2. The van der Waals surface area contributed by atoms with Crippen molar-refractivity contribution in [1.29, 1.82) is 0 Å². The molecule has 2 amide bonds. The lowest BCUT2D eigenvalue weighted by molar-refractivity contribution is -0.128. The van der Waals surface area contributed by atoms with Gasteiger partial charge in [-0.1, -0.05) is 42.7 Å². The lowest BCUT2D eigenvalue weighted by Gasteiger charge is -2.23. The molecule has 2 saturated heterocycles. The Morgan fingerprint density at radius 1 is 0.967 bits per heavy atom. The molecule has 0 spiro atoms. The predicted molar refractivity (Wildman–Crippen MR) is 120 cm³/mol. The van der Waals surface area contributed by atoms with Gasteiger partial charge in [0.25, 0.3) is 0 Å². The largest absolute Gasteiger partial charge is 0.372 e. The Bertz CT molecular complexity index is 868. The topological polar surface area (TPSA) is 52.7 Å². The van der Waals surface area contributed by atoms with E-state index in [-0.39, 0.29) is 24.2 Å². The van der Waals surface area contributed by atoms with Crippen molar-refractivity contribution in [1.82, 2.24) is 4.90 Å². The molecular formula is C25H31N3O2. The molecule has 30 heavy (non-hydrogen) atoms. The van der Waals surface area contributed by atoms with Gasteiger partial charge in [-0.15, -0.1) is 0 Å². The number of aryl methyl sites for hydroxylation is 1. The molecule has 2 aliphatic rings. The van der Waals surface area contributed by atoms with Gasteiger partial charge in [0.1, 0.15) is 0 Å². The number of carbonyl (C=O) groups excluding carboxylic acids is 2. The zero-order valence-electron chi connectivity index (χ0n) is 17.8. The number of nitrogens with one attached hydrogen (secondary N) is 1. The first kappa shape index (κ1) is 20.5. The number of rotatable bonds is 5. The van der Waals surface area contributed by atoms with E-state index in [9.17, 15) is 9.59 Å². The van der Waals surface area contributed by atoms with E-state index in [0.717, 1.165) is 24.3 Å². The third kappa shape index (κ3) is 5.02. The Balaban J connectivity index is 1.32. The van der Waals surface area contributed by atoms with E-state index >= 15 is 0 Å². The number of amides is 2. The third-order valence-corrected chi connectivity index (χ3v) is 6.19. The molecule has 2 aromatic rings. The van der Waals surface area contributed by atoms with E-state index in [1.165, 1.54) is 36.9 Å². The van der Waals surface area contributed by atoms with E-state index in [1.54, 1.807) is 4.90 Å². The van der Waals surface area contributed by atoms with Crippen LogP contribution in [-0.2, 0) is 16.1 Å². The minimum Gasteiger partial charge on any atom is -0.372 e. The van der Waals surface area contributed by atoms with Crippen LogP contribution >= 0.6 is 0 Å². The van der Waals surface area contributed by atoms with Gasteiger partial charge in [-0.25, -0.2) is 0 Å². The molecule has 2 aliphatic heterocycles. The summed E-state index contributed by atoms with van der Waals surface area (Å²) in [5.41, 5.74) is 4.31. The maximum Gasteiger partial charge on any atom is 0.229 e. The van der Waals surface area contributed by atoms with E-state index in [4.69, 9.17) is 0 Å². The maximum atomic E-state index is 12.7. The summed E-state index contributed by atoms with van der Waals surface area (Å²) in [5.74, 6) is -0.322. The van der Waals surface area contributed by atoms with E-state index in [1.807, 2.05) is 31.2 Å². The van der Waals surface area contributed by atoms with Gasteiger partial charge in [-0.05, 0) is 49.6 Å². The van der Waals surface area contributed by atoms with Gasteiger partial charge < -0.3 is 15.1 Å². The molecule has 0 bridgehead atoms. The average molecular weight is 406 g/mol. The molecule has 1 unspecified atom stereocenters. The highest BCUT2D eigenvalue weighted by Crippen LogP contribution is 2.24. The van der Waals surface area contributed by atoms with Gasteiger partial charge in [-0.3, -0.25) is 9.59 Å². The SMILES string of the molecule is Cc1ccc(CN2CC(C(=O)Nc3ccc(N4CCCCCC4)cc3)CC2=O)cc1. The second kappa shape index (κ2) is 9.33. The number of carbonyl (C=O) groups is 2. The van der Waals surface area contributed by atoms with Crippen molar-refractivity contribution in [3.8, 4) is 0 Å². The number of benzene rings is 2. The smallest absolute Gasteiger partial charge is 0.229 e. The van der Waals surface area contributed by atoms with Crippen LogP contribution in [0.15, 0.2) is 48.5 Å². The second-order valence-electron chi connectivity index (χ2n) is 8.60. The molecule has 5 nitrogen and oxygen atoms in total. The van der Waals surface area contributed by atoms with Crippen molar-refractivity contribution >= 4 is 23.2 Å². The number of hydrogen-bond acceptors (Lipinski definition) is 3. The van der Waals surface area contributed by atoms with Crippen molar-refractivity contribution in [2.24, 2.45) is 5.92 Å². The number of nitrogens with zero attached hydrogens (tertiary/aromatic N) is 2. The molecule has 0 radical (unpaired) electrons. The van der Waals surface area contributed by atoms with Gasteiger partial charge in [0.2, 0.25) is 11.8 Å². The Labute approximate surface area is 179 Å². The molecule has 2 fully saturated rings. The summed E-state index contributed by atoms with van der Waals surface area (Å²) in [6.07, 6.45) is 5.39. The molecule has 1 atom stereocenters. The van der Waals surface area contributed by atoms with Crippen molar-refractivity contribution in [2.75, 3.05) is 29.9 Å². The van der Waals surface area contributed by atoms with Crippen LogP contribution in [0.4, 0.5) is 11.4 Å². The molecule has 0 aliphatic carbocycles. The van der Waals surface area contributed by atoms with Crippen LogP contribution in [-0.4, -0.2) is 36.3 Å². The number of likely N-dealkylation sites (tertiary alicyclic amines) is 1. The van der Waals surface area contributed by atoms with Gasteiger partial charge in [0.15, 0.2) is 0 Å². The molecule has 1 N–H and O–H groups in total. The zero-order valence-corrected chi connectivity index (χ0v) is 17.8. The molecule has 2 aromatic carbocycles. The minimum atomic E-state index is -0.298. The molecule has 4 rings (SSSR count). The predicted octanol–water partition coefficient (Wildman–Crippen LogP) is 4.36. The molecule has 158 valence electrons. The second-order valence-corrected chi connectivity index (χ2v) is 8.60.